The van der Waals surface area contributed by atoms with Crippen molar-refractivity contribution in [3.8, 4) is 6.01 Å². The predicted molar refractivity (Wildman–Crippen MR) is 80.4 cm³/mol. The van der Waals surface area contributed by atoms with Gasteiger partial charge >= 0.3 is 6.01 Å². The lowest BCUT2D eigenvalue weighted by Crippen LogP contribution is -2.35. The molecule has 0 spiro atoms. The van der Waals surface area contributed by atoms with Gasteiger partial charge in [0.15, 0.2) is 0 Å². The maximum atomic E-state index is 5.96. The third kappa shape index (κ3) is 4.20. The number of halogens is 1. The van der Waals surface area contributed by atoms with Gasteiger partial charge in [0.1, 0.15) is 0 Å². The molecule has 5 nitrogen and oxygen atoms in total. The molecule has 1 fully saturated rings. The summed E-state index contributed by atoms with van der Waals surface area (Å²) in [7, 11) is 0. The summed E-state index contributed by atoms with van der Waals surface area (Å²) in [5, 5.41) is 0.196. The van der Waals surface area contributed by atoms with E-state index in [1.807, 2.05) is 13.8 Å². The second-order valence-electron chi connectivity index (χ2n) is 5.57. The number of rotatable bonds is 5. The van der Waals surface area contributed by atoms with Crippen LogP contribution in [-0.2, 0) is 0 Å². The predicted octanol–water partition coefficient (Wildman–Crippen LogP) is 3.33. The van der Waals surface area contributed by atoms with Crippen molar-refractivity contribution in [1.82, 2.24) is 15.0 Å². The van der Waals surface area contributed by atoms with Crippen LogP contribution in [-0.4, -0.2) is 34.1 Å². The topological polar surface area (TPSA) is 51.1 Å². The van der Waals surface area contributed by atoms with E-state index >= 15 is 0 Å². The smallest absolute Gasteiger partial charge is 0.322 e. The van der Waals surface area contributed by atoms with E-state index in [9.17, 15) is 0 Å². The number of hydrogen-bond donors (Lipinski definition) is 0. The molecule has 1 aromatic rings. The Kier molecular flexibility index (Phi) is 5.40. The van der Waals surface area contributed by atoms with Crippen molar-refractivity contribution in [3.05, 3.63) is 5.28 Å². The van der Waals surface area contributed by atoms with E-state index in [2.05, 4.69) is 26.8 Å². The van der Waals surface area contributed by atoms with Crippen molar-refractivity contribution >= 4 is 17.5 Å². The van der Waals surface area contributed by atoms with Gasteiger partial charge in [0.05, 0.1) is 6.10 Å². The Bertz CT molecular complexity index is 433. The molecule has 0 bridgehead atoms. The van der Waals surface area contributed by atoms with Crippen LogP contribution in [0.2, 0.25) is 5.28 Å². The maximum Gasteiger partial charge on any atom is 0.322 e. The van der Waals surface area contributed by atoms with Crippen molar-refractivity contribution in [3.63, 3.8) is 0 Å². The molecule has 2 rings (SSSR count). The van der Waals surface area contributed by atoms with Crippen molar-refractivity contribution < 1.29 is 4.74 Å². The van der Waals surface area contributed by atoms with Crippen LogP contribution in [0.4, 0.5) is 5.95 Å². The van der Waals surface area contributed by atoms with Crippen molar-refractivity contribution in [2.75, 3.05) is 18.0 Å². The first-order valence-electron chi connectivity index (χ1n) is 7.41. The highest BCUT2D eigenvalue weighted by atomic mass is 35.5. The number of aromatic nitrogens is 3. The minimum absolute atomic E-state index is 0.0246. The van der Waals surface area contributed by atoms with E-state index in [0.29, 0.717) is 12.0 Å². The lowest BCUT2D eigenvalue weighted by molar-refractivity contribution is 0.221. The summed E-state index contributed by atoms with van der Waals surface area (Å²) in [6, 6.07) is 0.311. The van der Waals surface area contributed by atoms with Crippen LogP contribution in [0, 0.1) is 5.92 Å². The molecule has 0 aromatic carbocycles. The Morgan fingerprint density at radius 1 is 1.25 bits per heavy atom. The number of nitrogens with zero attached hydrogens (tertiary/aromatic N) is 4. The molecule has 0 amide bonds. The van der Waals surface area contributed by atoms with Gasteiger partial charge in [-0.25, -0.2) is 0 Å². The zero-order valence-corrected chi connectivity index (χ0v) is 13.2. The monoisotopic (exact) mass is 298 g/mol. The van der Waals surface area contributed by atoms with Gasteiger partial charge in [0, 0.05) is 13.1 Å². The van der Waals surface area contributed by atoms with Gasteiger partial charge in [-0.1, -0.05) is 19.8 Å². The third-order valence-electron chi connectivity index (χ3n) is 3.51. The minimum atomic E-state index is 0.0246. The summed E-state index contributed by atoms with van der Waals surface area (Å²) in [5.41, 5.74) is 0. The van der Waals surface area contributed by atoms with Crippen LogP contribution >= 0.6 is 11.6 Å². The molecule has 0 atom stereocenters. The largest absolute Gasteiger partial charge is 0.461 e. The van der Waals surface area contributed by atoms with E-state index in [-0.39, 0.29) is 11.4 Å². The highest BCUT2D eigenvalue weighted by Crippen LogP contribution is 2.25. The van der Waals surface area contributed by atoms with Gasteiger partial charge in [-0.3, -0.25) is 0 Å². The standard InChI is InChI=1S/C14H23ClN4O/c1-4-5-11-6-8-19(9-7-11)13-16-12(15)17-14(18-13)20-10(2)3/h10-11H,4-9H2,1-3H3. The molecule has 1 aromatic heterocycles. The average molecular weight is 299 g/mol. The first-order chi connectivity index (χ1) is 9.58. The minimum Gasteiger partial charge on any atom is -0.461 e. The SMILES string of the molecule is CCCC1CCN(c2nc(Cl)nc(OC(C)C)n2)CC1. The number of piperidine rings is 1. The molecule has 0 radical (unpaired) electrons. The highest BCUT2D eigenvalue weighted by Gasteiger charge is 2.21. The third-order valence-corrected chi connectivity index (χ3v) is 3.68. The molecule has 6 heteroatoms. The van der Waals surface area contributed by atoms with E-state index in [1.54, 1.807) is 0 Å². The molecule has 112 valence electrons. The Balaban J connectivity index is 2.03. The summed E-state index contributed by atoms with van der Waals surface area (Å²) in [6.07, 6.45) is 4.98. The van der Waals surface area contributed by atoms with E-state index in [0.717, 1.165) is 19.0 Å². The van der Waals surface area contributed by atoms with Crippen LogP contribution < -0.4 is 9.64 Å². The van der Waals surface area contributed by atoms with Crippen LogP contribution in [0.3, 0.4) is 0 Å². The molecular formula is C14H23ClN4O. The van der Waals surface area contributed by atoms with Gasteiger partial charge in [0.2, 0.25) is 11.2 Å². The summed E-state index contributed by atoms with van der Waals surface area (Å²) in [4.78, 5) is 14.8. The molecule has 0 unspecified atom stereocenters. The fourth-order valence-corrected chi connectivity index (χ4v) is 2.70. The maximum absolute atomic E-state index is 5.96. The second-order valence-corrected chi connectivity index (χ2v) is 5.91. The highest BCUT2D eigenvalue weighted by molar-refractivity contribution is 6.28. The fraction of sp³-hybridized carbons (Fsp3) is 0.786. The molecule has 1 saturated heterocycles. The zero-order chi connectivity index (χ0) is 14.5. The van der Waals surface area contributed by atoms with E-state index in [1.165, 1.54) is 25.7 Å². The van der Waals surface area contributed by atoms with Crippen molar-refractivity contribution in [1.29, 1.82) is 0 Å². The average Bonchev–Trinajstić information content (AvgIpc) is 2.38. The Hall–Kier alpha value is -1.10. The lowest BCUT2D eigenvalue weighted by Gasteiger charge is -2.31. The molecule has 0 N–H and O–H groups in total. The first-order valence-corrected chi connectivity index (χ1v) is 7.79. The molecule has 20 heavy (non-hydrogen) atoms. The molecular weight excluding hydrogens is 276 g/mol. The van der Waals surface area contributed by atoms with E-state index in [4.69, 9.17) is 16.3 Å². The van der Waals surface area contributed by atoms with Gasteiger partial charge in [0.25, 0.3) is 0 Å². The van der Waals surface area contributed by atoms with Gasteiger partial charge in [-0.05, 0) is 44.2 Å². The summed E-state index contributed by atoms with van der Waals surface area (Å²) in [6.45, 7) is 8.08. The Morgan fingerprint density at radius 3 is 2.55 bits per heavy atom. The first kappa shape index (κ1) is 15.3. The molecule has 1 aliphatic rings. The molecule has 2 heterocycles. The number of ether oxygens (including phenoxy) is 1. The number of anilines is 1. The van der Waals surface area contributed by atoms with Crippen LogP contribution in [0.25, 0.3) is 0 Å². The van der Waals surface area contributed by atoms with Gasteiger partial charge < -0.3 is 9.64 Å². The number of hydrogen-bond acceptors (Lipinski definition) is 5. The summed E-state index contributed by atoms with van der Waals surface area (Å²) >= 11 is 5.96. The molecule has 0 saturated carbocycles. The lowest BCUT2D eigenvalue weighted by atomic mass is 9.93. The van der Waals surface area contributed by atoms with Crippen molar-refractivity contribution in [2.24, 2.45) is 5.92 Å². The Morgan fingerprint density at radius 2 is 1.95 bits per heavy atom. The molecule has 0 aliphatic carbocycles. The van der Waals surface area contributed by atoms with E-state index < -0.39 is 0 Å². The molecule has 1 aliphatic heterocycles. The van der Waals surface area contributed by atoms with Crippen LogP contribution in [0.15, 0.2) is 0 Å². The zero-order valence-electron chi connectivity index (χ0n) is 12.5. The quantitative estimate of drug-likeness (QED) is 0.834. The summed E-state index contributed by atoms with van der Waals surface area (Å²) in [5.74, 6) is 1.47. The fourth-order valence-electron chi connectivity index (χ4n) is 2.56. The Labute approximate surface area is 125 Å². The second kappa shape index (κ2) is 7.07. The van der Waals surface area contributed by atoms with Crippen LogP contribution in [0.5, 0.6) is 6.01 Å². The van der Waals surface area contributed by atoms with Gasteiger partial charge in [-0.15, -0.1) is 0 Å². The summed E-state index contributed by atoms with van der Waals surface area (Å²) < 4.78 is 5.51. The van der Waals surface area contributed by atoms with Crippen LogP contribution in [0.1, 0.15) is 46.5 Å². The normalized spacial score (nSPS) is 16.8. The van der Waals surface area contributed by atoms with Crippen molar-refractivity contribution in [2.45, 2.75) is 52.6 Å². The van der Waals surface area contributed by atoms with Gasteiger partial charge in [-0.2, -0.15) is 15.0 Å².